The first-order valence-corrected chi connectivity index (χ1v) is 8.02. The van der Waals surface area contributed by atoms with E-state index >= 15 is 0 Å². The number of hydrogen-bond acceptors (Lipinski definition) is 4. The standard InChI is InChI=1S/C18H19ClN2O4/c1-10-5-6-14(19)8-15(10)20-17(23)12(3)25-18(24)16-7-13(11(2)22)9-21(16)4/h5-9,12H,1-4H3,(H,20,23)/t12-/m1/s1. The average molecular weight is 363 g/mol. The van der Waals surface area contributed by atoms with Crippen molar-refractivity contribution in [2.45, 2.75) is 26.9 Å². The number of hydrogen-bond donors (Lipinski definition) is 1. The van der Waals surface area contributed by atoms with Crippen molar-refractivity contribution in [2.75, 3.05) is 5.32 Å². The number of rotatable bonds is 5. The number of amides is 1. The van der Waals surface area contributed by atoms with Gasteiger partial charge in [0.05, 0.1) is 0 Å². The Morgan fingerprint density at radius 3 is 2.52 bits per heavy atom. The van der Waals surface area contributed by atoms with E-state index < -0.39 is 18.0 Å². The van der Waals surface area contributed by atoms with Crippen molar-refractivity contribution in [2.24, 2.45) is 7.05 Å². The molecule has 2 rings (SSSR count). The Kier molecular flexibility index (Phi) is 5.64. The third kappa shape index (κ3) is 4.48. The van der Waals surface area contributed by atoms with Gasteiger partial charge in [-0.15, -0.1) is 0 Å². The van der Waals surface area contributed by atoms with Crippen LogP contribution >= 0.6 is 11.6 Å². The lowest BCUT2D eigenvalue weighted by Gasteiger charge is -2.15. The summed E-state index contributed by atoms with van der Waals surface area (Å²) in [6.07, 6.45) is 0.528. The maximum absolute atomic E-state index is 12.2. The highest BCUT2D eigenvalue weighted by molar-refractivity contribution is 6.31. The number of nitrogens with one attached hydrogen (secondary N) is 1. The van der Waals surface area contributed by atoms with Crippen molar-refractivity contribution >= 4 is 34.9 Å². The summed E-state index contributed by atoms with van der Waals surface area (Å²) in [5.41, 5.74) is 1.99. The second-order valence-corrected chi connectivity index (χ2v) is 6.21. The van der Waals surface area contributed by atoms with E-state index in [2.05, 4.69) is 5.32 Å². The normalized spacial score (nSPS) is 11.7. The number of carbonyl (C=O) groups is 3. The van der Waals surface area contributed by atoms with Crippen LogP contribution in [0.5, 0.6) is 0 Å². The van der Waals surface area contributed by atoms with Crippen molar-refractivity contribution < 1.29 is 19.1 Å². The van der Waals surface area contributed by atoms with Crippen molar-refractivity contribution in [3.63, 3.8) is 0 Å². The van der Waals surface area contributed by atoms with Crippen molar-refractivity contribution in [3.8, 4) is 0 Å². The van der Waals surface area contributed by atoms with Crippen LogP contribution < -0.4 is 5.32 Å². The van der Waals surface area contributed by atoms with Gasteiger partial charge in [-0.25, -0.2) is 4.79 Å². The maximum Gasteiger partial charge on any atom is 0.355 e. The second-order valence-electron chi connectivity index (χ2n) is 5.78. The Labute approximate surface area is 150 Å². The predicted molar refractivity (Wildman–Crippen MR) is 95.1 cm³/mol. The molecule has 0 aliphatic heterocycles. The van der Waals surface area contributed by atoms with Crippen LogP contribution in [0.15, 0.2) is 30.5 Å². The monoisotopic (exact) mass is 362 g/mol. The molecule has 0 saturated heterocycles. The largest absolute Gasteiger partial charge is 0.448 e. The van der Waals surface area contributed by atoms with Crippen LogP contribution in [-0.4, -0.2) is 28.3 Å². The zero-order valence-electron chi connectivity index (χ0n) is 14.4. The van der Waals surface area contributed by atoms with E-state index in [0.717, 1.165) is 5.56 Å². The van der Waals surface area contributed by atoms with E-state index in [9.17, 15) is 14.4 Å². The number of nitrogens with zero attached hydrogens (tertiary/aromatic N) is 1. The lowest BCUT2D eigenvalue weighted by Crippen LogP contribution is -2.30. The van der Waals surface area contributed by atoms with Gasteiger partial charge < -0.3 is 14.6 Å². The molecule has 1 N–H and O–H groups in total. The SMILES string of the molecule is CC(=O)c1cc(C(=O)O[C@H](C)C(=O)Nc2cc(Cl)ccc2C)n(C)c1. The van der Waals surface area contributed by atoms with Crippen molar-refractivity contribution in [3.05, 3.63) is 52.3 Å². The fraction of sp³-hybridized carbons (Fsp3) is 0.278. The van der Waals surface area contributed by atoms with E-state index in [1.54, 1.807) is 31.4 Å². The smallest absolute Gasteiger partial charge is 0.355 e. The lowest BCUT2D eigenvalue weighted by atomic mass is 10.2. The highest BCUT2D eigenvalue weighted by Crippen LogP contribution is 2.20. The molecule has 0 saturated carbocycles. The number of anilines is 1. The number of aryl methyl sites for hydroxylation is 2. The lowest BCUT2D eigenvalue weighted by molar-refractivity contribution is -0.123. The van der Waals surface area contributed by atoms with Crippen molar-refractivity contribution in [1.82, 2.24) is 4.57 Å². The molecule has 1 aromatic heterocycles. The molecule has 0 radical (unpaired) electrons. The summed E-state index contributed by atoms with van der Waals surface area (Å²) in [6.45, 7) is 4.71. The second kappa shape index (κ2) is 7.53. The van der Waals surface area contributed by atoms with Crippen LogP contribution in [0.25, 0.3) is 0 Å². The molecule has 7 heteroatoms. The van der Waals surface area contributed by atoms with E-state index in [1.807, 2.05) is 6.92 Å². The number of benzene rings is 1. The summed E-state index contributed by atoms with van der Waals surface area (Å²) in [6, 6.07) is 6.57. The molecule has 6 nitrogen and oxygen atoms in total. The third-order valence-corrected chi connectivity index (χ3v) is 3.97. The minimum Gasteiger partial charge on any atom is -0.448 e. The molecule has 0 unspecified atom stereocenters. The van der Waals surface area contributed by atoms with Gasteiger partial charge in [-0.3, -0.25) is 9.59 Å². The molecular weight excluding hydrogens is 344 g/mol. The van der Waals surface area contributed by atoms with Gasteiger partial charge in [-0.05, 0) is 44.5 Å². The molecule has 1 heterocycles. The van der Waals surface area contributed by atoms with Gasteiger partial charge in [0.1, 0.15) is 5.69 Å². The first kappa shape index (κ1) is 18.7. The zero-order valence-corrected chi connectivity index (χ0v) is 15.2. The maximum atomic E-state index is 12.2. The predicted octanol–water partition coefficient (Wildman–Crippen LogP) is 3.37. The molecule has 1 aromatic carbocycles. The number of halogens is 1. The summed E-state index contributed by atoms with van der Waals surface area (Å²) in [5, 5.41) is 3.18. The highest BCUT2D eigenvalue weighted by Gasteiger charge is 2.22. The summed E-state index contributed by atoms with van der Waals surface area (Å²) in [4.78, 5) is 35.9. The fourth-order valence-electron chi connectivity index (χ4n) is 2.20. The molecule has 0 aliphatic carbocycles. The average Bonchev–Trinajstić information content (AvgIpc) is 2.93. The number of carbonyl (C=O) groups excluding carboxylic acids is 3. The van der Waals surface area contributed by atoms with Gasteiger partial charge in [-0.1, -0.05) is 17.7 Å². The number of ether oxygens (including phenoxy) is 1. The van der Waals surface area contributed by atoms with Gasteiger partial charge in [0, 0.05) is 29.5 Å². The summed E-state index contributed by atoms with van der Waals surface area (Å²) >= 11 is 5.92. The van der Waals surface area contributed by atoms with Crippen LogP contribution in [0.2, 0.25) is 5.02 Å². The van der Waals surface area contributed by atoms with E-state index in [0.29, 0.717) is 16.3 Å². The third-order valence-electron chi connectivity index (χ3n) is 3.73. The Morgan fingerprint density at radius 1 is 1.24 bits per heavy atom. The first-order chi connectivity index (χ1) is 11.7. The van der Waals surface area contributed by atoms with Crippen LogP contribution in [0, 0.1) is 6.92 Å². The Hall–Kier alpha value is -2.60. The Morgan fingerprint density at radius 2 is 1.92 bits per heavy atom. The van der Waals surface area contributed by atoms with Gasteiger partial charge in [0.25, 0.3) is 5.91 Å². The topological polar surface area (TPSA) is 77.4 Å². The molecule has 1 amide bonds. The van der Waals surface area contributed by atoms with Gasteiger partial charge in [0.2, 0.25) is 0 Å². The molecule has 0 aliphatic rings. The van der Waals surface area contributed by atoms with Crippen LogP contribution in [0.4, 0.5) is 5.69 Å². The number of ketones is 1. The first-order valence-electron chi connectivity index (χ1n) is 7.64. The number of aromatic nitrogens is 1. The Bertz CT molecular complexity index is 842. The van der Waals surface area contributed by atoms with Gasteiger partial charge in [-0.2, -0.15) is 0 Å². The molecular formula is C18H19ClN2O4. The van der Waals surface area contributed by atoms with E-state index in [1.165, 1.54) is 24.5 Å². The molecule has 0 spiro atoms. The summed E-state index contributed by atoms with van der Waals surface area (Å²) in [7, 11) is 1.63. The van der Waals surface area contributed by atoms with E-state index in [4.69, 9.17) is 16.3 Å². The van der Waals surface area contributed by atoms with Gasteiger partial charge in [0.15, 0.2) is 11.9 Å². The number of esters is 1. The van der Waals surface area contributed by atoms with Crippen LogP contribution in [-0.2, 0) is 16.6 Å². The summed E-state index contributed by atoms with van der Waals surface area (Å²) in [5.74, 6) is -1.31. The molecule has 1 atom stereocenters. The molecule has 0 bridgehead atoms. The fourth-order valence-corrected chi connectivity index (χ4v) is 2.37. The molecule has 2 aromatic rings. The molecule has 0 fully saturated rings. The van der Waals surface area contributed by atoms with E-state index in [-0.39, 0.29) is 11.5 Å². The quantitative estimate of drug-likeness (QED) is 0.653. The van der Waals surface area contributed by atoms with Gasteiger partial charge >= 0.3 is 5.97 Å². The highest BCUT2D eigenvalue weighted by atomic mass is 35.5. The zero-order chi connectivity index (χ0) is 18.7. The van der Waals surface area contributed by atoms with Crippen LogP contribution in [0.1, 0.15) is 40.3 Å². The minimum absolute atomic E-state index is 0.156. The van der Waals surface area contributed by atoms with Crippen LogP contribution in [0.3, 0.4) is 0 Å². The Balaban J connectivity index is 2.06. The van der Waals surface area contributed by atoms with Crippen molar-refractivity contribution in [1.29, 1.82) is 0 Å². The number of Topliss-reactive ketones (excluding diaryl/α,β-unsaturated/α-hetero) is 1. The summed E-state index contributed by atoms with van der Waals surface area (Å²) < 4.78 is 6.69. The molecule has 132 valence electrons. The molecule has 25 heavy (non-hydrogen) atoms. The minimum atomic E-state index is -1.01.